The molecule has 0 atom stereocenters. The first-order valence-electron chi connectivity index (χ1n) is 8.55. The molecule has 3 N–H and O–H groups in total. The van der Waals surface area contributed by atoms with Crippen molar-refractivity contribution >= 4 is 36.0 Å². The van der Waals surface area contributed by atoms with E-state index in [9.17, 15) is 18.4 Å². The first-order valence-corrected chi connectivity index (χ1v) is 15.1. The van der Waals surface area contributed by atoms with Crippen LogP contribution in [0.3, 0.4) is 0 Å². The van der Waals surface area contributed by atoms with Crippen molar-refractivity contribution in [2.75, 3.05) is 0 Å². The van der Waals surface area contributed by atoms with Crippen LogP contribution >= 0.6 is 18.4 Å². The molecule has 0 bridgehead atoms. The summed E-state index contributed by atoms with van der Waals surface area (Å²) >= 11 is -3.28. The maximum atomic E-state index is 14.1. The molecule has 0 heterocycles. The number of rotatable bonds is 4. The molecular formula is C22H19IO4S. The van der Waals surface area contributed by atoms with Crippen LogP contribution in [0.5, 0.6) is 5.75 Å². The summed E-state index contributed by atoms with van der Waals surface area (Å²) in [4.78, 5) is -0.0386. The summed E-state index contributed by atoms with van der Waals surface area (Å²) in [5.74, 6) is 0.00208. The Morgan fingerprint density at radius 2 is 1.11 bits per heavy atom. The molecule has 144 valence electrons. The second-order valence-corrected chi connectivity index (χ2v) is 19.0. The van der Waals surface area contributed by atoms with Gasteiger partial charge in [0.25, 0.3) is 0 Å². The topological polar surface area (TPSA) is 77.8 Å². The van der Waals surface area contributed by atoms with Gasteiger partial charge in [-0.3, -0.25) is 0 Å². The number of phenolic OH excluding ortho intramolecular Hbond substituents is 1. The van der Waals surface area contributed by atoms with Crippen molar-refractivity contribution in [3.63, 3.8) is 0 Å². The second-order valence-electron chi connectivity index (χ2n) is 6.24. The Balaban J connectivity index is 2.06. The molecule has 0 amide bonds. The van der Waals surface area contributed by atoms with Crippen LogP contribution in [0.4, 0.5) is 0 Å². The van der Waals surface area contributed by atoms with E-state index in [-0.39, 0.29) is 10.6 Å². The third-order valence-electron chi connectivity index (χ3n) is 4.37. The van der Waals surface area contributed by atoms with Gasteiger partial charge in [0, 0.05) is 0 Å². The summed E-state index contributed by atoms with van der Waals surface area (Å²) in [5.41, 5.74) is 0. The summed E-state index contributed by atoms with van der Waals surface area (Å²) < 4.78 is 38.5. The minimum atomic E-state index is -5.27. The molecule has 4 nitrogen and oxygen atoms in total. The Hall–Kier alpha value is -2.26. The maximum absolute atomic E-state index is 14.1. The molecular weight excluding hydrogens is 487 g/mol. The number of hydrogen-bond acceptors (Lipinski definition) is 2. The van der Waals surface area contributed by atoms with Crippen molar-refractivity contribution < 1.29 is 18.4 Å². The van der Waals surface area contributed by atoms with Crippen molar-refractivity contribution in [3.8, 4) is 5.75 Å². The fourth-order valence-corrected chi connectivity index (χ4v) is 17.1. The van der Waals surface area contributed by atoms with Crippen molar-refractivity contribution in [3.05, 3.63) is 104 Å². The van der Waals surface area contributed by atoms with E-state index in [2.05, 4.69) is 0 Å². The molecule has 0 saturated carbocycles. The summed E-state index contributed by atoms with van der Waals surface area (Å²) in [6.07, 6.45) is 0. The van der Waals surface area contributed by atoms with Gasteiger partial charge in [0.2, 0.25) is 0 Å². The molecule has 0 aliphatic heterocycles. The Bertz CT molecular complexity index is 1160. The van der Waals surface area contributed by atoms with Crippen LogP contribution in [0.1, 0.15) is 0 Å². The van der Waals surface area contributed by atoms with E-state index in [0.29, 0.717) is 17.9 Å². The molecule has 4 aromatic rings. The molecule has 28 heavy (non-hydrogen) atoms. The molecule has 4 aromatic carbocycles. The van der Waals surface area contributed by atoms with Gasteiger partial charge in [0.15, 0.2) is 0 Å². The van der Waals surface area contributed by atoms with Gasteiger partial charge >= 0.3 is 169 Å². The molecule has 0 aromatic heterocycles. The number of fused-ring (bicyclic) bond motifs is 1. The van der Waals surface area contributed by atoms with E-state index >= 15 is 0 Å². The van der Waals surface area contributed by atoms with Gasteiger partial charge in [0.1, 0.15) is 0 Å². The zero-order valence-corrected chi connectivity index (χ0v) is 17.7. The monoisotopic (exact) mass is 506 g/mol. The van der Waals surface area contributed by atoms with Crippen LogP contribution < -0.4 is 0 Å². The van der Waals surface area contributed by atoms with Crippen LogP contribution in [0.25, 0.3) is 10.8 Å². The standard InChI is InChI=1S/C22H19IO4S/c24-21-15-7-14-20-19(21)13-8-16-22(20)28(25,26,27)23(17-9-3-1-4-10-17)18-11-5-2-6-12-18/h1-16,24H,(H2,25,26,27). The third-order valence-corrected chi connectivity index (χ3v) is 18.3. The van der Waals surface area contributed by atoms with Gasteiger partial charge < -0.3 is 0 Å². The first-order chi connectivity index (χ1) is 13.4. The van der Waals surface area contributed by atoms with Crippen LogP contribution in [0.2, 0.25) is 0 Å². The Labute approximate surface area is 168 Å². The molecule has 0 aliphatic carbocycles. The fourth-order valence-electron chi connectivity index (χ4n) is 3.15. The Kier molecular flexibility index (Phi) is 4.75. The number of hydrogen-bond donors (Lipinski definition) is 3. The van der Waals surface area contributed by atoms with Crippen LogP contribution in [0, 0.1) is 7.14 Å². The van der Waals surface area contributed by atoms with Crippen LogP contribution in [-0.2, 0) is 6.80 Å². The van der Waals surface area contributed by atoms with E-state index in [1.165, 1.54) is 12.1 Å². The second kappa shape index (κ2) is 6.97. The zero-order valence-electron chi connectivity index (χ0n) is 14.8. The van der Waals surface area contributed by atoms with Crippen LogP contribution in [-0.4, -0.2) is 18.4 Å². The average Bonchev–Trinajstić information content (AvgIpc) is 2.69. The first kappa shape index (κ1) is 19.1. The Morgan fingerprint density at radius 1 is 0.607 bits per heavy atom. The van der Waals surface area contributed by atoms with Crippen molar-refractivity contribution in [1.29, 1.82) is 0 Å². The zero-order chi connectivity index (χ0) is 19.8. The summed E-state index contributed by atoms with van der Waals surface area (Å²) in [6, 6.07) is 27.6. The molecule has 0 radical (unpaired) electrons. The number of phenols is 1. The molecule has 0 saturated heterocycles. The van der Waals surface area contributed by atoms with Gasteiger partial charge in [-0.05, 0) is 0 Å². The quantitative estimate of drug-likeness (QED) is 0.241. The number of halogens is 1. The summed E-state index contributed by atoms with van der Waals surface area (Å²) in [5, 5.41) is 11.0. The van der Waals surface area contributed by atoms with E-state index in [0.717, 1.165) is 0 Å². The number of aromatic hydroxyl groups is 1. The van der Waals surface area contributed by atoms with Gasteiger partial charge in [-0.15, -0.1) is 0 Å². The van der Waals surface area contributed by atoms with Crippen molar-refractivity contribution in [2.45, 2.75) is 4.90 Å². The van der Waals surface area contributed by atoms with E-state index in [1.807, 2.05) is 12.1 Å². The SMILES string of the molecule is O=S(O)(O)(c1cccc2c(O)cccc12)I(c1ccccc1)c1ccccc1. The van der Waals surface area contributed by atoms with Gasteiger partial charge in [-0.25, -0.2) is 0 Å². The van der Waals surface area contributed by atoms with Crippen molar-refractivity contribution in [1.82, 2.24) is 0 Å². The predicted molar refractivity (Wildman–Crippen MR) is 122 cm³/mol. The number of benzene rings is 4. The van der Waals surface area contributed by atoms with Gasteiger partial charge in [-0.2, -0.15) is 0 Å². The van der Waals surface area contributed by atoms with Crippen LogP contribution in [0.15, 0.2) is 102 Å². The van der Waals surface area contributed by atoms with Crippen molar-refractivity contribution in [2.24, 2.45) is 0 Å². The minimum absolute atomic E-state index is 0.00208. The molecule has 6 heteroatoms. The molecule has 4 rings (SSSR count). The van der Waals surface area contributed by atoms with E-state index < -0.39 is 25.2 Å². The molecule has 0 fully saturated rings. The third kappa shape index (κ3) is 3.22. The fraction of sp³-hybridized carbons (Fsp3) is 0. The molecule has 0 aliphatic rings. The summed E-state index contributed by atoms with van der Waals surface area (Å²) in [7, 11) is 0. The molecule has 0 spiro atoms. The predicted octanol–water partition coefficient (Wildman–Crippen LogP) is 5.83. The average molecular weight is 506 g/mol. The van der Waals surface area contributed by atoms with Gasteiger partial charge in [0.05, 0.1) is 0 Å². The molecule has 0 unspecified atom stereocenters. The summed E-state index contributed by atoms with van der Waals surface area (Å²) in [6.45, 7) is -5.27. The van der Waals surface area contributed by atoms with E-state index in [4.69, 9.17) is 0 Å². The van der Waals surface area contributed by atoms with Gasteiger partial charge in [-0.1, -0.05) is 0 Å². The van der Waals surface area contributed by atoms with E-state index in [1.54, 1.807) is 72.8 Å². The normalized spacial score (nSPS) is 13.6. The Morgan fingerprint density at radius 3 is 1.68 bits per heavy atom.